The molecule has 26 heavy (non-hydrogen) atoms. The first kappa shape index (κ1) is 17.0. The van der Waals surface area contributed by atoms with Crippen molar-refractivity contribution in [2.24, 2.45) is 0 Å². The topological polar surface area (TPSA) is 43.9 Å². The molecule has 136 valence electrons. The van der Waals surface area contributed by atoms with Crippen LogP contribution in [0.5, 0.6) is 0 Å². The van der Waals surface area contributed by atoms with Crippen LogP contribution in [0.15, 0.2) is 30.3 Å². The summed E-state index contributed by atoms with van der Waals surface area (Å²) >= 11 is 0. The average Bonchev–Trinajstić information content (AvgIpc) is 2.66. The van der Waals surface area contributed by atoms with Crippen molar-refractivity contribution in [3.63, 3.8) is 0 Å². The number of imide groups is 1. The van der Waals surface area contributed by atoms with Crippen LogP contribution in [0.3, 0.4) is 0 Å². The second kappa shape index (κ2) is 6.72. The third kappa shape index (κ3) is 2.76. The number of nitrogens with zero attached hydrogens (tertiary/aromatic N) is 3. The van der Waals surface area contributed by atoms with Crippen molar-refractivity contribution < 1.29 is 9.59 Å². The Morgan fingerprint density at radius 3 is 2.31 bits per heavy atom. The molecule has 0 bridgehead atoms. The molecule has 5 heteroatoms. The van der Waals surface area contributed by atoms with Gasteiger partial charge in [0.15, 0.2) is 0 Å². The van der Waals surface area contributed by atoms with Crippen molar-refractivity contribution in [1.82, 2.24) is 9.80 Å². The summed E-state index contributed by atoms with van der Waals surface area (Å²) in [5.41, 5.74) is 2.44. The third-order valence-corrected chi connectivity index (χ3v) is 5.44. The number of hydrogen-bond donors (Lipinski definition) is 0. The second-order valence-electron chi connectivity index (χ2n) is 7.47. The van der Waals surface area contributed by atoms with Crippen molar-refractivity contribution in [1.29, 1.82) is 0 Å². The molecule has 0 radical (unpaired) electrons. The van der Waals surface area contributed by atoms with Gasteiger partial charge in [0.1, 0.15) is 0 Å². The van der Waals surface area contributed by atoms with E-state index in [-0.39, 0.29) is 11.8 Å². The third-order valence-electron chi connectivity index (χ3n) is 5.44. The minimum absolute atomic E-state index is 0.175. The Bertz CT molecular complexity index is 847. The minimum Gasteiger partial charge on any atom is -0.371 e. The standard InChI is InChI=1S/C21H25N3O2/c1-22(2)13-14-24-20(25)16-8-6-7-15-18(23-11-4-3-5-12-23)10-9-17(19(15)16)21(24)26/h6-10H,3-5,11-14H2,1-2H3. The monoisotopic (exact) mass is 351 g/mol. The molecular weight excluding hydrogens is 326 g/mol. The van der Waals surface area contributed by atoms with E-state index in [9.17, 15) is 9.59 Å². The first-order valence-corrected chi connectivity index (χ1v) is 9.39. The Labute approximate surface area is 154 Å². The molecule has 4 rings (SSSR count). The van der Waals surface area contributed by atoms with Gasteiger partial charge in [0.2, 0.25) is 0 Å². The SMILES string of the molecule is CN(C)CCN1C(=O)c2cccc3c(N4CCCCC4)ccc(c23)C1=O. The zero-order chi connectivity index (χ0) is 18.3. The van der Waals surface area contributed by atoms with Crippen LogP contribution in [0.1, 0.15) is 40.0 Å². The number of piperidine rings is 1. The first-order chi connectivity index (χ1) is 12.6. The molecule has 2 heterocycles. The van der Waals surface area contributed by atoms with Gasteiger partial charge in [-0.3, -0.25) is 14.5 Å². The molecule has 0 spiro atoms. The lowest BCUT2D eigenvalue weighted by molar-refractivity contribution is 0.0601. The van der Waals surface area contributed by atoms with Crippen LogP contribution in [0, 0.1) is 0 Å². The fourth-order valence-corrected chi connectivity index (χ4v) is 4.04. The Hall–Kier alpha value is -2.40. The molecule has 2 aliphatic rings. The Balaban J connectivity index is 1.81. The molecule has 2 aromatic rings. The molecule has 2 aliphatic heterocycles. The highest BCUT2D eigenvalue weighted by Gasteiger charge is 2.33. The van der Waals surface area contributed by atoms with Crippen LogP contribution in [-0.4, -0.2) is 61.9 Å². The van der Waals surface area contributed by atoms with Gasteiger partial charge in [-0.05, 0) is 51.6 Å². The van der Waals surface area contributed by atoms with Gasteiger partial charge in [-0.25, -0.2) is 0 Å². The molecule has 1 fully saturated rings. The number of carbonyl (C=O) groups excluding carboxylic acids is 2. The van der Waals surface area contributed by atoms with Gasteiger partial charge in [-0.1, -0.05) is 12.1 Å². The van der Waals surface area contributed by atoms with Crippen molar-refractivity contribution in [2.75, 3.05) is 45.2 Å². The molecule has 1 saturated heterocycles. The fourth-order valence-electron chi connectivity index (χ4n) is 4.04. The van der Waals surface area contributed by atoms with Gasteiger partial charge in [-0.2, -0.15) is 0 Å². The largest absolute Gasteiger partial charge is 0.371 e. The van der Waals surface area contributed by atoms with E-state index in [0.717, 1.165) is 29.5 Å². The van der Waals surface area contributed by atoms with Crippen molar-refractivity contribution in [3.05, 3.63) is 41.5 Å². The van der Waals surface area contributed by atoms with Crippen LogP contribution < -0.4 is 4.90 Å². The van der Waals surface area contributed by atoms with Gasteiger partial charge in [-0.15, -0.1) is 0 Å². The highest BCUT2D eigenvalue weighted by atomic mass is 16.2. The zero-order valence-corrected chi connectivity index (χ0v) is 15.5. The highest BCUT2D eigenvalue weighted by molar-refractivity contribution is 6.26. The van der Waals surface area contributed by atoms with E-state index < -0.39 is 0 Å². The molecular formula is C21H25N3O2. The van der Waals surface area contributed by atoms with Crippen LogP contribution in [-0.2, 0) is 0 Å². The van der Waals surface area contributed by atoms with E-state index in [1.54, 1.807) is 0 Å². The van der Waals surface area contributed by atoms with E-state index >= 15 is 0 Å². The molecule has 0 aromatic heterocycles. The number of amides is 2. The Morgan fingerprint density at radius 1 is 0.923 bits per heavy atom. The summed E-state index contributed by atoms with van der Waals surface area (Å²) in [5, 5.41) is 1.85. The predicted octanol–water partition coefficient (Wildman–Crippen LogP) is 2.99. The molecule has 0 N–H and O–H groups in total. The summed E-state index contributed by atoms with van der Waals surface area (Å²) in [4.78, 5) is 31.7. The first-order valence-electron chi connectivity index (χ1n) is 9.39. The van der Waals surface area contributed by atoms with E-state index in [1.807, 2.05) is 43.3 Å². The van der Waals surface area contributed by atoms with E-state index in [4.69, 9.17) is 0 Å². The molecule has 2 amide bonds. The summed E-state index contributed by atoms with van der Waals surface area (Å²) in [7, 11) is 3.89. The van der Waals surface area contributed by atoms with E-state index in [0.29, 0.717) is 24.2 Å². The summed E-state index contributed by atoms with van der Waals surface area (Å²) in [6, 6.07) is 9.80. The summed E-state index contributed by atoms with van der Waals surface area (Å²) < 4.78 is 0. The molecule has 0 aliphatic carbocycles. The van der Waals surface area contributed by atoms with Gasteiger partial charge < -0.3 is 9.80 Å². The lowest BCUT2D eigenvalue weighted by Crippen LogP contribution is -2.43. The maximum atomic E-state index is 13.0. The molecule has 0 unspecified atom stereocenters. The van der Waals surface area contributed by atoms with Gasteiger partial charge in [0.25, 0.3) is 11.8 Å². The van der Waals surface area contributed by atoms with E-state index in [2.05, 4.69) is 11.0 Å². The minimum atomic E-state index is -0.175. The van der Waals surface area contributed by atoms with Crippen molar-refractivity contribution >= 4 is 28.3 Å². The molecule has 5 nitrogen and oxygen atoms in total. The lowest BCUT2D eigenvalue weighted by Gasteiger charge is -2.32. The predicted molar refractivity (Wildman–Crippen MR) is 104 cm³/mol. The van der Waals surface area contributed by atoms with Gasteiger partial charge in [0, 0.05) is 53.8 Å². The van der Waals surface area contributed by atoms with Crippen LogP contribution in [0.2, 0.25) is 0 Å². The van der Waals surface area contributed by atoms with E-state index in [1.165, 1.54) is 24.2 Å². The second-order valence-corrected chi connectivity index (χ2v) is 7.47. The number of benzene rings is 2. The van der Waals surface area contributed by atoms with Gasteiger partial charge >= 0.3 is 0 Å². The summed E-state index contributed by atoms with van der Waals surface area (Å²) in [6.07, 6.45) is 3.66. The van der Waals surface area contributed by atoms with Crippen LogP contribution >= 0.6 is 0 Å². The maximum Gasteiger partial charge on any atom is 0.261 e. The van der Waals surface area contributed by atoms with Crippen LogP contribution in [0.25, 0.3) is 10.8 Å². The number of likely N-dealkylation sites (N-methyl/N-ethyl adjacent to an activating group) is 1. The maximum absolute atomic E-state index is 13.0. The number of carbonyl (C=O) groups is 2. The summed E-state index contributed by atoms with van der Waals surface area (Å²) in [5.74, 6) is -0.350. The smallest absolute Gasteiger partial charge is 0.261 e. The zero-order valence-electron chi connectivity index (χ0n) is 15.5. The number of anilines is 1. The highest BCUT2D eigenvalue weighted by Crippen LogP contribution is 2.36. The molecule has 0 saturated carbocycles. The van der Waals surface area contributed by atoms with Crippen LogP contribution in [0.4, 0.5) is 5.69 Å². The quantitative estimate of drug-likeness (QED) is 0.795. The van der Waals surface area contributed by atoms with Gasteiger partial charge in [0.05, 0.1) is 0 Å². The van der Waals surface area contributed by atoms with Crippen molar-refractivity contribution in [3.8, 4) is 0 Å². The lowest BCUT2D eigenvalue weighted by atomic mass is 9.92. The number of rotatable bonds is 4. The average molecular weight is 351 g/mol. The summed E-state index contributed by atoms with van der Waals surface area (Å²) in [6.45, 7) is 3.15. The Kier molecular flexibility index (Phi) is 4.41. The Morgan fingerprint density at radius 2 is 1.62 bits per heavy atom. The normalized spacial score (nSPS) is 17.5. The van der Waals surface area contributed by atoms with Crippen molar-refractivity contribution in [2.45, 2.75) is 19.3 Å². The number of hydrogen-bond acceptors (Lipinski definition) is 4. The molecule has 0 atom stereocenters. The molecule has 2 aromatic carbocycles. The fraction of sp³-hybridized carbons (Fsp3) is 0.429.